The highest BCUT2D eigenvalue weighted by Crippen LogP contribution is 2.34. The lowest BCUT2D eigenvalue weighted by molar-refractivity contribution is -0.122. The number of sulfonamides is 1. The number of amides is 1. The van der Waals surface area contributed by atoms with Crippen molar-refractivity contribution in [1.82, 2.24) is 19.2 Å². The normalized spacial score (nSPS) is 18.5. The van der Waals surface area contributed by atoms with Gasteiger partial charge in [0.2, 0.25) is 15.9 Å². The zero-order valence-corrected chi connectivity index (χ0v) is 20.9. The molecule has 0 aliphatic carbocycles. The summed E-state index contributed by atoms with van der Waals surface area (Å²) in [6.45, 7) is 2.76. The standard InChI is InChI=1S/C23H26N4O6S2/c1-15-21(35(30,31)27-9-5-2-6-10-27)20-22(34-15)25-14-26(23(20)29)12-19(28)24-11-16-13-32-17-7-3-4-8-18(17)33-16/h3-4,7-8,14,16H,2,5-6,9-13H2,1H3,(H,24,28)/t16-/m1/s1. The van der Waals surface area contributed by atoms with Gasteiger partial charge in [-0.3, -0.25) is 14.2 Å². The summed E-state index contributed by atoms with van der Waals surface area (Å²) in [6.07, 6.45) is 3.50. The number of hydrogen-bond donors (Lipinski definition) is 1. The van der Waals surface area contributed by atoms with Crippen LogP contribution < -0.4 is 20.3 Å². The van der Waals surface area contributed by atoms with Crippen molar-refractivity contribution in [3.8, 4) is 11.5 Å². The predicted octanol–water partition coefficient (Wildman–Crippen LogP) is 1.90. The molecule has 5 rings (SSSR count). The van der Waals surface area contributed by atoms with Crippen molar-refractivity contribution in [3.05, 3.63) is 45.8 Å². The van der Waals surface area contributed by atoms with E-state index in [4.69, 9.17) is 9.47 Å². The third kappa shape index (κ3) is 4.65. The largest absolute Gasteiger partial charge is 0.486 e. The average molecular weight is 519 g/mol. The number of carbonyl (C=O) groups excluding carboxylic acids is 1. The molecule has 2 aliphatic rings. The molecule has 2 aromatic heterocycles. The van der Waals surface area contributed by atoms with Gasteiger partial charge in [-0.15, -0.1) is 11.3 Å². The number of rotatable bonds is 6. The Morgan fingerprint density at radius 3 is 2.71 bits per heavy atom. The highest BCUT2D eigenvalue weighted by atomic mass is 32.2. The Bertz CT molecular complexity index is 1430. The Balaban J connectivity index is 1.33. The van der Waals surface area contributed by atoms with Crippen molar-refractivity contribution < 1.29 is 22.7 Å². The number of ether oxygens (including phenoxy) is 2. The van der Waals surface area contributed by atoms with Crippen LogP contribution in [-0.4, -0.2) is 60.5 Å². The minimum absolute atomic E-state index is 0.0121. The highest BCUT2D eigenvalue weighted by Gasteiger charge is 2.32. The molecule has 1 saturated heterocycles. The van der Waals surface area contributed by atoms with E-state index < -0.39 is 21.5 Å². The van der Waals surface area contributed by atoms with Crippen LogP contribution >= 0.6 is 11.3 Å². The zero-order chi connectivity index (χ0) is 24.6. The SMILES string of the molecule is Cc1sc2ncn(CC(=O)NC[C@@H]3COc4ccccc4O3)c(=O)c2c1S(=O)(=O)N1CCCCC1. The van der Waals surface area contributed by atoms with E-state index in [1.807, 2.05) is 18.2 Å². The summed E-state index contributed by atoms with van der Waals surface area (Å²) >= 11 is 1.17. The fourth-order valence-corrected chi connectivity index (χ4v) is 7.56. The quantitative estimate of drug-likeness (QED) is 0.529. The third-order valence-electron chi connectivity index (χ3n) is 6.12. The van der Waals surface area contributed by atoms with E-state index in [-0.39, 0.29) is 36.1 Å². The molecule has 1 N–H and O–H groups in total. The van der Waals surface area contributed by atoms with E-state index in [9.17, 15) is 18.0 Å². The second-order valence-electron chi connectivity index (χ2n) is 8.61. The van der Waals surface area contributed by atoms with Gasteiger partial charge in [0.25, 0.3) is 5.56 Å². The van der Waals surface area contributed by atoms with Crippen LogP contribution in [0.25, 0.3) is 10.2 Å². The first-order valence-electron chi connectivity index (χ1n) is 11.5. The maximum Gasteiger partial charge on any atom is 0.263 e. The van der Waals surface area contributed by atoms with Crippen LogP contribution in [0, 0.1) is 6.92 Å². The molecular formula is C23H26N4O6S2. The van der Waals surface area contributed by atoms with E-state index in [1.54, 1.807) is 13.0 Å². The smallest absolute Gasteiger partial charge is 0.263 e. The number of nitrogens with zero attached hydrogens (tertiary/aromatic N) is 3. The van der Waals surface area contributed by atoms with Gasteiger partial charge in [0, 0.05) is 18.0 Å². The molecule has 1 fully saturated rings. The first-order valence-corrected chi connectivity index (χ1v) is 13.7. The fourth-order valence-electron chi connectivity index (χ4n) is 4.37. The number of hydrogen-bond acceptors (Lipinski definition) is 8. The molecule has 186 valence electrons. The highest BCUT2D eigenvalue weighted by molar-refractivity contribution is 7.89. The Morgan fingerprint density at radius 2 is 1.94 bits per heavy atom. The number of para-hydroxylation sites is 2. The van der Waals surface area contributed by atoms with E-state index >= 15 is 0 Å². The van der Waals surface area contributed by atoms with Gasteiger partial charge in [0.05, 0.1) is 18.3 Å². The van der Waals surface area contributed by atoms with Crippen LogP contribution in [0.1, 0.15) is 24.1 Å². The summed E-state index contributed by atoms with van der Waals surface area (Å²) in [4.78, 5) is 31.1. The van der Waals surface area contributed by atoms with Crippen molar-refractivity contribution >= 4 is 37.5 Å². The van der Waals surface area contributed by atoms with E-state index in [0.717, 1.165) is 23.8 Å². The molecule has 2 aliphatic heterocycles. The van der Waals surface area contributed by atoms with Crippen molar-refractivity contribution in [2.45, 2.75) is 43.7 Å². The minimum Gasteiger partial charge on any atom is -0.486 e. The van der Waals surface area contributed by atoms with Gasteiger partial charge < -0.3 is 14.8 Å². The summed E-state index contributed by atoms with van der Waals surface area (Å²) in [7, 11) is -3.83. The molecule has 0 bridgehead atoms. The number of carbonyl (C=O) groups is 1. The van der Waals surface area contributed by atoms with Crippen molar-refractivity contribution in [2.24, 2.45) is 0 Å². The summed E-state index contributed by atoms with van der Waals surface area (Å²) in [5, 5.41) is 2.80. The van der Waals surface area contributed by atoms with Gasteiger partial charge in [0.15, 0.2) is 11.5 Å². The molecule has 0 saturated carbocycles. The molecule has 4 heterocycles. The molecule has 10 nitrogen and oxygen atoms in total. The van der Waals surface area contributed by atoms with E-state index in [2.05, 4.69) is 10.3 Å². The number of piperidine rings is 1. The van der Waals surface area contributed by atoms with Crippen molar-refractivity contribution in [3.63, 3.8) is 0 Å². The monoisotopic (exact) mass is 518 g/mol. The number of aryl methyl sites for hydroxylation is 1. The Labute approximate surface area is 206 Å². The van der Waals surface area contributed by atoms with Crippen molar-refractivity contribution in [1.29, 1.82) is 0 Å². The maximum atomic E-state index is 13.4. The lowest BCUT2D eigenvalue weighted by atomic mass is 10.2. The fraction of sp³-hybridized carbons (Fsp3) is 0.435. The lowest BCUT2D eigenvalue weighted by Gasteiger charge is -2.26. The summed E-state index contributed by atoms with van der Waals surface area (Å²) in [6, 6.07) is 7.30. The molecule has 0 unspecified atom stereocenters. The minimum atomic E-state index is -3.83. The van der Waals surface area contributed by atoms with Crippen LogP contribution in [0.4, 0.5) is 0 Å². The summed E-state index contributed by atoms with van der Waals surface area (Å²) in [5.74, 6) is 0.851. The van der Waals surface area contributed by atoms with Crippen LogP contribution in [0.2, 0.25) is 0 Å². The van der Waals surface area contributed by atoms with Gasteiger partial charge >= 0.3 is 0 Å². The molecule has 35 heavy (non-hydrogen) atoms. The second kappa shape index (κ2) is 9.59. The van der Waals surface area contributed by atoms with Crippen LogP contribution in [0.15, 0.2) is 40.3 Å². The second-order valence-corrected chi connectivity index (χ2v) is 11.7. The number of fused-ring (bicyclic) bond motifs is 2. The van der Waals surface area contributed by atoms with Crippen LogP contribution in [0.5, 0.6) is 11.5 Å². The number of thiophene rings is 1. The number of benzene rings is 1. The van der Waals surface area contributed by atoms with Gasteiger partial charge in [-0.05, 0) is 31.9 Å². The van der Waals surface area contributed by atoms with Crippen LogP contribution in [0.3, 0.4) is 0 Å². The van der Waals surface area contributed by atoms with Gasteiger partial charge in [-0.1, -0.05) is 18.6 Å². The Morgan fingerprint density at radius 1 is 1.20 bits per heavy atom. The number of nitrogens with one attached hydrogen (secondary N) is 1. The van der Waals surface area contributed by atoms with Crippen LogP contribution in [-0.2, 0) is 21.4 Å². The molecular weight excluding hydrogens is 492 g/mol. The Hall–Kier alpha value is -2.96. The maximum absolute atomic E-state index is 13.4. The predicted molar refractivity (Wildman–Crippen MR) is 131 cm³/mol. The molecule has 1 amide bonds. The van der Waals surface area contributed by atoms with Gasteiger partial charge in [-0.25, -0.2) is 13.4 Å². The van der Waals surface area contributed by atoms with Gasteiger partial charge in [0.1, 0.15) is 29.0 Å². The molecule has 1 atom stereocenters. The average Bonchev–Trinajstić information content (AvgIpc) is 3.22. The molecule has 0 radical (unpaired) electrons. The lowest BCUT2D eigenvalue weighted by Crippen LogP contribution is -2.42. The van der Waals surface area contributed by atoms with E-state index in [1.165, 1.54) is 22.0 Å². The first-order chi connectivity index (χ1) is 16.8. The Kier molecular flexibility index (Phi) is 6.51. The summed E-state index contributed by atoms with van der Waals surface area (Å²) < 4.78 is 40.8. The van der Waals surface area contributed by atoms with Gasteiger partial charge in [-0.2, -0.15) is 4.31 Å². The topological polar surface area (TPSA) is 120 Å². The third-order valence-corrected chi connectivity index (χ3v) is 9.33. The molecule has 0 spiro atoms. The molecule has 3 aromatic rings. The molecule has 12 heteroatoms. The zero-order valence-electron chi connectivity index (χ0n) is 19.2. The first kappa shape index (κ1) is 23.8. The van der Waals surface area contributed by atoms with E-state index in [0.29, 0.717) is 34.3 Å². The molecule has 1 aromatic carbocycles. The summed E-state index contributed by atoms with van der Waals surface area (Å²) in [5.41, 5.74) is -0.545. The number of aromatic nitrogens is 2. The van der Waals surface area contributed by atoms with Crippen molar-refractivity contribution in [2.75, 3.05) is 26.2 Å².